The molecule has 0 saturated carbocycles. The van der Waals surface area contributed by atoms with E-state index in [0.717, 1.165) is 38.8 Å². The highest BCUT2D eigenvalue weighted by Gasteiger charge is 2.26. The number of fused-ring (bicyclic) bond motifs is 15. The summed E-state index contributed by atoms with van der Waals surface area (Å²) < 4.78 is 7.12. The second-order valence-electron chi connectivity index (χ2n) is 14.2. The highest BCUT2D eigenvalue weighted by molar-refractivity contribution is 6.34. The quantitative estimate of drug-likeness (QED) is 0.183. The zero-order valence-corrected chi connectivity index (χ0v) is 28.3. The summed E-state index contributed by atoms with van der Waals surface area (Å²) in [5, 5.41) is 13.3. The average Bonchev–Trinajstić information content (AvgIpc) is 3.93. The fraction of sp³-hybridized carbons (Fsp3) is 0. The third-order valence-corrected chi connectivity index (χ3v) is 11.5. The lowest BCUT2D eigenvalue weighted by molar-refractivity contribution is 0.974. The van der Waals surface area contributed by atoms with Gasteiger partial charge in [-0.1, -0.05) is 109 Å². The fourth-order valence-corrected chi connectivity index (χ4v) is 9.37. The molecule has 5 heterocycles. The third kappa shape index (κ3) is 3.42. The molecule has 5 heteroatoms. The molecule has 0 aliphatic rings. The molecule has 0 amide bonds. The second kappa shape index (κ2) is 9.75. The fourth-order valence-electron chi connectivity index (χ4n) is 9.37. The molecular weight excluding hydrogens is 647 g/mol. The van der Waals surface area contributed by atoms with E-state index in [1.165, 1.54) is 70.4 Å². The van der Waals surface area contributed by atoms with E-state index in [4.69, 9.17) is 9.97 Å². The second-order valence-corrected chi connectivity index (χ2v) is 14.2. The lowest BCUT2D eigenvalue weighted by atomic mass is 10.0. The SMILES string of the molecule is c1ccc2cc3c(cc2c1)c1cc2c4ccccc4n(-c4nc(-n5c6ccccc6c6ccccc65)c5ccccc5n4)c2c2c4ccccc4n3c12. The summed E-state index contributed by atoms with van der Waals surface area (Å²) in [6.07, 6.45) is 0. The maximum atomic E-state index is 5.60. The van der Waals surface area contributed by atoms with Crippen molar-refractivity contribution in [3.63, 3.8) is 0 Å². The number of aromatic nitrogens is 5. The molecule has 244 valence electrons. The Hall–Kier alpha value is -7.24. The summed E-state index contributed by atoms with van der Waals surface area (Å²) in [4.78, 5) is 11.0. The lowest BCUT2D eigenvalue weighted by Gasteiger charge is -2.14. The number of para-hydroxylation sites is 5. The van der Waals surface area contributed by atoms with Gasteiger partial charge < -0.3 is 4.40 Å². The maximum Gasteiger partial charge on any atom is 0.237 e. The van der Waals surface area contributed by atoms with E-state index >= 15 is 0 Å². The van der Waals surface area contributed by atoms with Gasteiger partial charge in [0.05, 0.1) is 44.1 Å². The van der Waals surface area contributed by atoms with Gasteiger partial charge in [0.25, 0.3) is 0 Å². The first-order chi connectivity index (χ1) is 26.3. The van der Waals surface area contributed by atoms with Gasteiger partial charge in [0.15, 0.2) is 5.82 Å². The predicted molar refractivity (Wildman–Crippen MR) is 220 cm³/mol. The molecule has 0 saturated heterocycles. The van der Waals surface area contributed by atoms with Crippen LogP contribution in [0.4, 0.5) is 0 Å². The summed E-state index contributed by atoms with van der Waals surface area (Å²) >= 11 is 0. The zero-order chi connectivity index (χ0) is 34.4. The van der Waals surface area contributed by atoms with E-state index in [0.29, 0.717) is 5.95 Å². The van der Waals surface area contributed by atoms with Crippen LogP contribution in [-0.2, 0) is 0 Å². The van der Waals surface area contributed by atoms with E-state index in [-0.39, 0.29) is 0 Å². The Kier molecular flexibility index (Phi) is 5.06. The van der Waals surface area contributed by atoms with Crippen LogP contribution in [0.2, 0.25) is 0 Å². The van der Waals surface area contributed by atoms with Crippen LogP contribution in [0.1, 0.15) is 0 Å². The van der Waals surface area contributed by atoms with E-state index in [1.807, 2.05) is 0 Å². The summed E-state index contributed by atoms with van der Waals surface area (Å²) in [7, 11) is 0. The van der Waals surface area contributed by atoms with Crippen molar-refractivity contribution in [2.45, 2.75) is 0 Å². The topological polar surface area (TPSA) is 40.0 Å². The van der Waals surface area contributed by atoms with Crippen LogP contribution in [0, 0.1) is 0 Å². The van der Waals surface area contributed by atoms with Crippen molar-refractivity contribution in [3.05, 3.63) is 164 Å². The molecule has 13 rings (SSSR count). The van der Waals surface area contributed by atoms with Crippen molar-refractivity contribution in [1.29, 1.82) is 0 Å². The van der Waals surface area contributed by atoms with Crippen molar-refractivity contribution in [2.75, 3.05) is 0 Å². The van der Waals surface area contributed by atoms with Crippen LogP contribution in [0.15, 0.2) is 164 Å². The van der Waals surface area contributed by atoms with Gasteiger partial charge in [-0.15, -0.1) is 0 Å². The van der Waals surface area contributed by atoms with Gasteiger partial charge in [0.2, 0.25) is 5.95 Å². The summed E-state index contributed by atoms with van der Waals surface area (Å²) in [6, 6.07) is 59.1. The molecule has 5 nitrogen and oxygen atoms in total. The Morgan fingerprint density at radius 3 is 1.58 bits per heavy atom. The molecule has 13 aromatic rings. The summed E-state index contributed by atoms with van der Waals surface area (Å²) in [5.74, 6) is 1.52. The Morgan fingerprint density at radius 1 is 0.340 bits per heavy atom. The minimum absolute atomic E-state index is 0.653. The van der Waals surface area contributed by atoms with Gasteiger partial charge in [-0.25, -0.2) is 4.98 Å². The van der Waals surface area contributed by atoms with E-state index in [9.17, 15) is 0 Å². The van der Waals surface area contributed by atoms with Crippen molar-refractivity contribution < 1.29 is 0 Å². The number of benzene rings is 8. The standard InChI is InChI=1S/C48H27N5/c1-2-14-29-26-43-35(25-28(29)13-1)37-27-36-32-17-6-11-23-41(32)53(46(36)44-34-19-7-12-24-42(34)51(43)45(37)44)48-49-38-20-8-3-18-33(38)47(50-48)52-39-21-9-4-15-30(39)31-16-5-10-22-40(31)52/h1-27H. The first-order valence-electron chi connectivity index (χ1n) is 18.1. The molecule has 0 aliphatic heterocycles. The van der Waals surface area contributed by atoms with E-state index < -0.39 is 0 Å². The smallest absolute Gasteiger partial charge is 0.237 e. The number of rotatable bonds is 2. The minimum atomic E-state index is 0.653. The van der Waals surface area contributed by atoms with Gasteiger partial charge in [0.1, 0.15) is 0 Å². The number of hydrogen-bond acceptors (Lipinski definition) is 2. The van der Waals surface area contributed by atoms with Crippen LogP contribution in [0.3, 0.4) is 0 Å². The molecule has 0 unspecified atom stereocenters. The Bertz CT molecular complexity index is 3640. The van der Waals surface area contributed by atoms with Crippen molar-refractivity contribution >= 4 is 103 Å². The summed E-state index contributed by atoms with van der Waals surface area (Å²) in [5.41, 5.74) is 9.02. The Morgan fingerprint density at radius 2 is 0.868 bits per heavy atom. The van der Waals surface area contributed by atoms with E-state index in [2.05, 4.69) is 177 Å². The molecule has 0 bridgehead atoms. The molecule has 0 atom stereocenters. The summed E-state index contributed by atoms with van der Waals surface area (Å²) in [6.45, 7) is 0. The number of nitrogens with zero attached hydrogens (tertiary/aromatic N) is 5. The molecule has 0 spiro atoms. The van der Waals surface area contributed by atoms with Crippen LogP contribution < -0.4 is 0 Å². The first-order valence-corrected chi connectivity index (χ1v) is 18.1. The Labute approximate surface area is 301 Å². The van der Waals surface area contributed by atoms with Crippen molar-refractivity contribution in [1.82, 2.24) is 23.5 Å². The van der Waals surface area contributed by atoms with Crippen LogP contribution in [0.5, 0.6) is 0 Å². The van der Waals surface area contributed by atoms with Crippen molar-refractivity contribution in [2.24, 2.45) is 0 Å². The normalized spacial score (nSPS) is 12.5. The largest absolute Gasteiger partial charge is 0.308 e. The monoisotopic (exact) mass is 673 g/mol. The molecule has 0 aliphatic carbocycles. The molecule has 0 N–H and O–H groups in total. The Balaban J connectivity index is 1.24. The average molecular weight is 674 g/mol. The molecule has 5 aromatic heterocycles. The van der Waals surface area contributed by atoms with E-state index in [1.54, 1.807) is 0 Å². The number of hydrogen-bond donors (Lipinski definition) is 0. The van der Waals surface area contributed by atoms with Gasteiger partial charge in [-0.3, -0.25) is 9.13 Å². The van der Waals surface area contributed by atoms with Gasteiger partial charge in [0, 0.05) is 48.5 Å². The molecular formula is C48H27N5. The first kappa shape index (κ1) is 27.5. The zero-order valence-electron chi connectivity index (χ0n) is 28.3. The minimum Gasteiger partial charge on any atom is -0.308 e. The van der Waals surface area contributed by atoms with Gasteiger partial charge >= 0.3 is 0 Å². The maximum absolute atomic E-state index is 5.60. The molecule has 0 fully saturated rings. The molecule has 8 aromatic carbocycles. The van der Waals surface area contributed by atoms with Crippen LogP contribution >= 0.6 is 0 Å². The van der Waals surface area contributed by atoms with Gasteiger partial charge in [-0.2, -0.15) is 4.98 Å². The van der Waals surface area contributed by atoms with Crippen LogP contribution in [-0.4, -0.2) is 23.5 Å². The highest BCUT2D eigenvalue weighted by Crippen LogP contribution is 2.47. The van der Waals surface area contributed by atoms with Crippen molar-refractivity contribution in [3.8, 4) is 11.8 Å². The molecule has 0 radical (unpaired) electrons. The van der Waals surface area contributed by atoms with Crippen LogP contribution in [0.25, 0.3) is 115 Å². The van der Waals surface area contributed by atoms with Gasteiger partial charge in [-0.05, 0) is 65.4 Å². The molecule has 53 heavy (non-hydrogen) atoms. The predicted octanol–water partition coefficient (Wildman–Crippen LogP) is 12.1. The highest BCUT2D eigenvalue weighted by atomic mass is 15.2. The third-order valence-electron chi connectivity index (χ3n) is 11.5. The lowest BCUT2D eigenvalue weighted by Crippen LogP contribution is -2.07.